The van der Waals surface area contributed by atoms with Gasteiger partial charge < -0.3 is 10.5 Å². The molecule has 0 amide bonds. The molecule has 2 nitrogen and oxygen atoms in total. The fourth-order valence-electron chi connectivity index (χ4n) is 2.10. The third kappa shape index (κ3) is 3.33. The molecule has 20 heavy (non-hydrogen) atoms. The molecule has 0 aliphatic heterocycles. The van der Waals surface area contributed by atoms with Crippen molar-refractivity contribution in [3.8, 4) is 5.75 Å². The maximum Gasteiger partial charge on any atom is 0.163 e. The SMILES string of the molecule is Cc1cc(C)cc(OCC(N)c2cccc(F)c2F)c1. The summed E-state index contributed by atoms with van der Waals surface area (Å²) in [5, 5.41) is 0. The lowest BCUT2D eigenvalue weighted by Gasteiger charge is -2.15. The Labute approximate surface area is 117 Å². The van der Waals surface area contributed by atoms with Gasteiger partial charge in [0.15, 0.2) is 11.6 Å². The van der Waals surface area contributed by atoms with Crippen molar-refractivity contribution in [2.45, 2.75) is 19.9 Å². The fraction of sp³-hybridized carbons (Fsp3) is 0.250. The van der Waals surface area contributed by atoms with Gasteiger partial charge in [-0.1, -0.05) is 18.2 Å². The highest BCUT2D eigenvalue weighted by atomic mass is 19.2. The molecule has 1 atom stereocenters. The van der Waals surface area contributed by atoms with E-state index in [4.69, 9.17) is 10.5 Å². The van der Waals surface area contributed by atoms with Gasteiger partial charge in [0, 0.05) is 5.56 Å². The van der Waals surface area contributed by atoms with Crippen molar-refractivity contribution >= 4 is 0 Å². The largest absolute Gasteiger partial charge is 0.492 e. The quantitative estimate of drug-likeness (QED) is 0.925. The summed E-state index contributed by atoms with van der Waals surface area (Å²) in [6.07, 6.45) is 0. The molecule has 0 radical (unpaired) electrons. The molecule has 0 saturated carbocycles. The van der Waals surface area contributed by atoms with E-state index in [0.717, 1.165) is 17.2 Å². The maximum atomic E-state index is 13.6. The number of nitrogens with two attached hydrogens (primary N) is 1. The van der Waals surface area contributed by atoms with Crippen LogP contribution in [0.4, 0.5) is 8.78 Å². The van der Waals surface area contributed by atoms with Crippen LogP contribution in [0.15, 0.2) is 36.4 Å². The lowest BCUT2D eigenvalue weighted by Crippen LogP contribution is -2.20. The van der Waals surface area contributed by atoms with Crippen molar-refractivity contribution in [1.82, 2.24) is 0 Å². The average Bonchev–Trinajstić information content (AvgIpc) is 2.38. The summed E-state index contributed by atoms with van der Waals surface area (Å²) in [5.41, 5.74) is 8.13. The van der Waals surface area contributed by atoms with E-state index in [-0.39, 0.29) is 12.2 Å². The summed E-state index contributed by atoms with van der Waals surface area (Å²) in [6, 6.07) is 9.03. The van der Waals surface area contributed by atoms with Crippen LogP contribution in [0.1, 0.15) is 22.7 Å². The Hall–Kier alpha value is -1.94. The van der Waals surface area contributed by atoms with Crippen LogP contribution in [0.25, 0.3) is 0 Å². The van der Waals surface area contributed by atoms with Gasteiger partial charge in [0.1, 0.15) is 12.4 Å². The monoisotopic (exact) mass is 277 g/mol. The van der Waals surface area contributed by atoms with Crippen LogP contribution < -0.4 is 10.5 Å². The van der Waals surface area contributed by atoms with Gasteiger partial charge in [-0.25, -0.2) is 8.78 Å². The molecule has 4 heteroatoms. The molecule has 1 unspecified atom stereocenters. The molecule has 0 saturated heterocycles. The van der Waals surface area contributed by atoms with Crippen molar-refractivity contribution in [2.24, 2.45) is 5.73 Å². The molecule has 0 spiro atoms. The summed E-state index contributed by atoms with van der Waals surface area (Å²) in [5.74, 6) is -1.14. The Kier molecular flexibility index (Phi) is 4.35. The highest BCUT2D eigenvalue weighted by molar-refractivity contribution is 5.33. The number of rotatable bonds is 4. The van der Waals surface area contributed by atoms with E-state index in [2.05, 4.69) is 0 Å². The molecule has 106 valence electrons. The van der Waals surface area contributed by atoms with Gasteiger partial charge in [-0.15, -0.1) is 0 Å². The highest BCUT2D eigenvalue weighted by Crippen LogP contribution is 2.21. The Morgan fingerprint density at radius 2 is 1.75 bits per heavy atom. The number of hydrogen-bond acceptors (Lipinski definition) is 2. The van der Waals surface area contributed by atoms with Gasteiger partial charge in [0.05, 0.1) is 6.04 Å². The lowest BCUT2D eigenvalue weighted by atomic mass is 10.1. The lowest BCUT2D eigenvalue weighted by molar-refractivity contribution is 0.286. The summed E-state index contributed by atoms with van der Waals surface area (Å²) in [6.45, 7) is 4.02. The minimum atomic E-state index is -0.913. The molecule has 0 aromatic heterocycles. The predicted molar refractivity (Wildman–Crippen MR) is 74.7 cm³/mol. The third-order valence-corrected chi connectivity index (χ3v) is 3.01. The minimum absolute atomic E-state index is 0.0866. The smallest absolute Gasteiger partial charge is 0.163 e. The Balaban J connectivity index is 2.08. The summed E-state index contributed by atoms with van der Waals surface area (Å²) in [4.78, 5) is 0. The van der Waals surface area contributed by atoms with Crippen LogP contribution in [-0.4, -0.2) is 6.61 Å². The molecule has 0 heterocycles. The predicted octanol–water partition coefficient (Wildman–Crippen LogP) is 3.66. The normalized spacial score (nSPS) is 12.2. The van der Waals surface area contributed by atoms with E-state index >= 15 is 0 Å². The first-order chi connectivity index (χ1) is 9.47. The van der Waals surface area contributed by atoms with Crippen molar-refractivity contribution in [2.75, 3.05) is 6.61 Å². The van der Waals surface area contributed by atoms with Crippen LogP contribution in [0.2, 0.25) is 0 Å². The molecular weight excluding hydrogens is 260 g/mol. The van der Waals surface area contributed by atoms with E-state index in [0.29, 0.717) is 5.75 Å². The second-order valence-corrected chi connectivity index (χ2v) is 4.88. The molecule has 2 aromatic carbocycles. The van der Waals surface area contributed by atoms with Crippen molar-refractivity contribution in [3.63, 3.8) is 0 Å². The molecule has 0 aliphatic carbocycles. The van der Waals surface area contributed by atoms with E-state index in [1.165, 1.54) is 12.1 Å². The third-order valence-electron chi connectivity index (χ3n) is 3.01. The van der Waals surface area contributed by atoms with Crippen LogP contribution in [0, 0.1) is 25.5 Å². The number of benzene rings is 2. The molecular formula is C16H17F2NO. The highest BCUT2D eigenvalue weighted by Gasteiger charge is 2.15. The van der Waals surface area contributed by atoms with Crippen LogP contribution in [-0.2, 0) is 0 Å². The van der Waals surface area contributed by atoms with E-state index in [1.54, 1.807) is 0 Å². The fourth-order valence-corrected chi connectivity index (χ4v) is 2.10. The van der Waals surface area contributed by atoms with Gasteiger partial charge in [-0.2, -0.15) is 0 Å². The Morgan fingerprint density at radius 3 is 2.40 bits per heavy atom. The topological polar surface area (TPSA) is 35.2 Å². The number of aryl methyl sites for hydroxylation is 2. The second-order valence-electron chi connectivity index (χ2n) is 4.88. The average molecular weight is 277 g/mol. The first-order valence-corrected chi connectivity index (χ1v) is 6.38. The Morgan fingerprint density at radius 1 is 1.10 bits per heavy atom. The van der Waals surface area contributed by atoms with E-state index in [1.807, 2.05) is 32.0 Å². The second kappa shape index (κ2) is 6.01. The van der Waals surface area contributed by atoms with Crippen LogP contribution in [0.3, 0.4) is 0 Å². The van der Waals surface area contributed by atoms with E-state index in [9.17, 15) is 8.78 Å². The molecule has 0 aliphatic rings. The summed E-state index contributed by atoms with van der Waals surface area (Å²) >= 11 is 0. The number of halogens is 2. The zero-order valence-corrected chi connectivity index (χ0v) is 11.5. The van der Waals surface area contributed by atoms with Gasteiger partial charge in [-0.05, 0) is 43.2 Å². The standard InChI is InChI=1S/C16H17F2NO/c1-10-6-11(2)8-12(7-10)20-9-15(19)13-4-3-5-14(17)16(13)18/h3-8,15H,9,19H2,1-2H3. The van der Waals surface area contributed by atoms with Gasteiger partial charge >= 0.3 is 0 Å². The molecule has 2 aromatic rings. The van der Waals surface area contributed by atoms with Crippen molar-refractivity contribution in [1.29, 1.82) is 0 Å². The molecule has 2 N–H and O–H groups in total. The van der Waals surface area contributed by atoms with Crippen LogP contribution in [0.5, 0.6) is 5.75 Å². The first-order valence-electron chi connectivity index (χ1n) is 6.38. The molecule has 0 fully saturated rings. The molecule has 2 rings (SSSR count). The van der Waals surface area contributed by atoms with Gasteiger partial charge in [-0.3, -0.25) is 0 Å². The number of hydrogen-bond donors (Lipinski definition) is 1. The number of ether oxygens (including phenoxy) is 1. The van der Waals surface area contributed by atoms with Gasteiger partial charge in [0.2, 0.25) is 0 Å². The van der Waals surface area contributed by atoms with Crippen molar-refractivity contribution < 1.29 is 13.5 Å². The van der Waals surface area contributed by atoms with Gasteiger partial charge in [0.25, 0.3) is 0 Å². The zero-order chi connectivity index (χ0) is 14.7. The zero-order valence-electron chi connectivity index (χ0n) is 11.5. The first kappa shape index (κ1) is 14.5. The Bertz CT molecular complexity index is 593. The summed E-state index contributed by atoms with van der Waals surface area (Å²) < 4.78 is 32.3. The minimum Gasteiger partial charge on any atom is -0.492 e. The summed E-state index contributed by atoms with van der Waals surface area (Å²) in [7, 11) is 0. The maximum absolute atomic E-state index is 13.6. The van der Waals surface area contributed by atoms with Crippen molar-refractivity contribution in [3.05, 3.63) is 64.7 Å². The molecule has 0 bridgehead atoms. The van der Waals surface area contributed by atoms with E-state index < -0.39 is 17.7 Å². The van der Waals surface area contributed by atoms with Crippen LogP contribution >= 0.6 is 0 Å².